The number of carbonyl (C=O) groups excluding carboxylic acids is 1. The molecule has 1 heterocycles. The Morgan fingerprint density at radius 3 is 2.50 bits per heavy atom. The van der Waals surface area contributed by atoms with Crippen LogP contribution >= 0.6 is 0 Å². The van der Waals surface area contributed by atoms with E-state index in [1.165, 1.54) is 12.8 Å². The summed E-state index contributed by atoms with van der Waals surface area (Å²) in [4.78, 5) is 16.3. The van der Waals surface area contributed by atoms with E-state index in [2.05, 4.69) is 10.2 Å². The number of ether oxygens (including phenoxy) is 1. The molecule has 0 aromatic rings. The molecule has 20 heavy (non-hydrogen) atoms. The Morgan fingerprint density at radius 1 is 1.30 bits per heavy atom. The second kappa shape index (κ2) is 10.1. The zero-order chi connectivity index (χ0) is 14.8. The first-order valence-corrected chi connectivity index (χ1v) is 7.91. The maximum absolute atomic E-state index is 12.1. The van der Waals surface area contributed by atoms with Crippen molar-refractivity contribution >= 4 is 5.91 Å². The monoisotopic (exact) mass is 285 g/mol. The SMILES string of the molecule is CCN(CC)C(=O)CN1CCC(CNCCOC)CC1. The number of piperidine rings is 1. The van der Waals surface area contributed by atoms with Crippen LogP contribution in [0.4, 0.5) is 0 Å². The largest absolute Gasteiger partial charge is 0.383 e. The summed E-state index contributed by atoms with van der Waals surface area (Å²) in [6.45, 7) is 11.2. The summed E-state index contributed by atoms with van der Waals surface area (Å²) in [6.07, 6.45) is 2.37. The highest BCUT2D eigenvalue weighted by atomic mass is 16.5. The van der Waals surface area contributed by atoms with Gasteiger partial charge in [-0.15, -0.1) is 0 Å². The Kier molecular flexibility index (Phi) is 8.82. The van der Waals surface area contributed by atoms with Crippen molar-refractivity contribution in [3.8, 4) is 0 Å². The number of likely N-dealkylation sites (tertiary alicyclic amines) is 1. The maximum Gasteiger partial charge on any atom is 0.236 e. The zero-order valence-electron chi connectivity index (χ0n) is 13.4. The van der Waals surface area contributed by atoms with Crippen LogP contribution in [0.5, 0.6) is 0 Å². The minimum Gasteiger partial charge on any atom is -0.383 e. The summed E-state index contributed by atoms with van der Waals surface area (Å²) in [5.41, 5.74) is 0. The van der Waals surface area contributed by atoms with Gasteiger partial charge in [-0.05, 0) is 52.2 Å². The number of methoxy groups -OCH3 is 1. The Morgan fingerprint density at radius 2 is 1.95 bits per heavy atom. The first kappa shape index (κ1) is 17.4. The number of hydrogen-bond acceptors (Lipinski definition) is 4. The molecule has 1 N–H and O–H groups in total. The lowest BCUT2D eigenvalue weighted by molar-refractivity contribution is -0.132. The smallest absolute Gasteiger partial charge is 0.236 e. The third kappa shape index (κ3) is 6.20. The lowest BCUT2D eigenvalue weighted by Gasteiger charge is -2.33. The van der Waals surface area contributed by atoms with Gasteiger partial charge in [-0.25, -0.2) is 0 Å². The van der Waals surface area contributed by atoms with Gasteiger partial charge in [-0.2, -0.15) is 0 Å². The van der Waals surface area contributed by atoms with E-state index in [1.807, 2.05) is 18.7 Å². The summed E-state index contributed by atoms with van der Waals surface area (Å²) in [5, 5.41) is 3.43. The second-order valence-corrected chi connectivity index (χ2v) is 5.48. The molecule has 0 radical (unpaired) electrons. The number of carbonyl (C=O) groups is 1. The summed E-state index contributed by atoms with van der Waals surface area (Å²) in [6, 6.07) is 0. The molecule has 118 valence electrons. The Labute approximate surface area is 123 Å². The summed E-state index contributed by atoms with van der Waals surface area (Å²) in [7, 11) is 1.73. The van der Waals surface area contributed by atoms with Crippen LogP contribution in [0.15, 0.2) is 0 Å². The Balaban J connectivity index is 2.17. The molecule has 0 aromatic heterocycles. The number of nitrogens with one attached hydrogen (secondary N) is 1. The van der Waals surface area contributed by atoms with Gasteiger partial charge in [0.25, 0.3) is 0 Å². The number of nitrogens with zero attached hydrogens (tertiary/aromatic N) is 2. The predicted octanol–water partition coefficient (Wildman–Crippen LogP) is 0.803. The van der Waals surface area contributed by atoms with Crippen LogP contribution in [-0.4, -0.2) is 75.2 Å². The van der Waals surface area contributed by atoms with Gasteiger partial charge in [-0.3, -0.25) is 9.69 Å². The molecule has 5 nitrogen and oxygen atoms in total. The molecule has 0 atom stereocenters. The molecule has 1 aliphatic heterocycles. The highest BCUT2D eigenvalue weighted by molar-refractivity contribution is 5.78. The molecule has 0 spiro atoms. The van der Waals surface area contributed by atoms with Crippen molar-refractivity contribution in [2.75, 3.05) is 59.5 Å². The van der Waals surface area contributed by atoms with Gasteiger partial charge < -0.3 is 15.0 Å². The predicted molar refractivity (Wildman–Crippen MR) is 81.8 cm³/mol. The molecule has 1 saturated heterocycles. The van der Waals surface area contributed by atoms with E-state index in [4.69, 9.17) is 4.74 Å². The molecular weight excluding hydrogens is 254 g/mol. The summed E-state index contributed by atoms with van der Waals surface area (Å²) < 4.78 is 5.02. The highest BCUT2D eigenvalue weighted by Crippen LogP contribution is 2.16. The Hall–Kier alpha value is -0.650. The van der Waals surface area contributed by atoms with Crippen molar-refractivity contribution in [3.05, 3.63) is 0 Å². The van der Waals surface area contributed by atoms with Crippen molar-refractivity contribution in [3.63, 3.8) is 0 Å². The van der Waals surface area contributed by atoms with Crippen molar-refractivity contribution in [2.45, 2.75) is 26.7 Å². The summed E-state index contributed by atoms with van der Waals surface area (Å²) >= 11 is 0. The fourth-order valence-corrected chi connectivity index (χ4v) is 2.70. The van der Waals surface area contributed by atoms with Crippen LogP contribution in [0.3, 0.4) is 0 Å². The molecule has 5 heteroatoms. The molecule has 0 saturated carbocycles. The minimum absolute atomic E-state index is 0.270. The first-order valence-electron chi connectivity index (χ1n) is 7.91. The molecular formula is C15H31N3O2. The van der Waals surface area contributed by atoms with Gasteiger partial charge in [0.1, 0.15) is 0 Å². The van der Waals surface area contributed by atoms with Gasteiger partial charge in [-0.1, -0.05) is 0 Å². The molecule has 0 unspecified atom stereocenters. The van der Waals surface area contributed by atoms with Crippen LogP contribution in [0.25, 0.3) is 0 Å². The second-order valence-electron chi connectivity index (χ2n) is 5.48. The van der Waals surface area contributed by atoms with Gasteiger partial charge in [0.2, 0.25) is 5.91 Å². The Bertz CT molecular complexity index is 262. The fourth-order valence-electron chi connectivity index (χ4n) is 2.70. The van der Waals surface area contributed by atoms with E-state index in [1.54, 1.807) is 7.11 Å². The van der Waals surface area contributed by atoms with Crippen molar-refractivity contribution in [1.82, 2.24) is 15.1 Å². The average molecular weight is 285 g/mol. The third-order valence-corrected chi connectivity index (χ3v) is 4.10. The number of hydrogen-bond donors (Lipinski definition) is 1. The molecule has 1 fully saturated rings. The van der Waals surface area contributed by atoms with Crippen LogP contribution in [-0.2, 0) is 9.53 Å². The maximum atomic E-state index is 12.1. The average Bonchev–Trinajstić information content (AvgIpc) is 2.46. The highest BCUT2D eigenvalue weighted by Gasteiger charge is 2.21. The standard InChI is InChI=1S/C15H31N3O2/c1-4-18(5-2)15(19)13-17-9-6-14(7-10-17)12-16-8-11-20-3/h14,16H,4-13H2,1-3H3. The number of amides is 1. The number of rotatable bonds is 9. The molecule has 1 rings (SSSR count). The third-order valence-electron chi connectivity index (χ3n) is 4.10. The molecule has 0 aromatic carbocycles. The van der Waals surface area contributed by atoms with Crippen molar-refractivity contribution in [2.24, 2.45) is 5.92 Å². The van der Waals surface area contributed by atoms with E-state index in [9.17, 15) is 4.79 Å². The van der Waals surface area contributed by atoms with E-state index >= 15 is 0 Å². The summed E-state index contributed by atoms with van der Waals surface area (Å²) in [5.74, 6) is 1.01. The van der Waals surface area contributed by atoms with Gasteiger partial charge in [0, 0.05) is 26.7 Å². The normalized spacial score (nSPS) is 17.4. The van der Waals surface area contributed by atoms with E-state index < -0.39 is 0 Å². The van der Waals surface area contributed by atoms with Crippen molar-refractivity contribution < 1.29 is 9.53 Å². The van der Waals surface area contributed by atoms with Gasteiger partial charge >= 0.3 is 0 Å². The van der Waals surface area contributed by atoms with Crippen LogP contribution in [0.2, 0.25) is 0 Å². The van der Waals surface area contributed by atoms with Gasteiger partial charge in [0.15, 0.2) is 0 Å². The van der Waals surface area contributed by atoms with Crippen LogP contribution < -0.4 is 5.32 Å². The molecule has 1 amide bonds. The van der Waals surface area contributed by atoms with Gasteiger partial charge in [0.05, 0.1) is 13.2 Å². The van der Waals surface area contributed by atoms with Crippen LogP contribution in [0.1, 0.15) is 26.7 Å². The molecule has 1 aliphatic rings. The molecule has 0 aliphatic carbocycles. The van der Waals surface area contributed by atoms with E-state index in [0.29, 0.717) is 6.54 Å². The lowest BCUT2D eigenvalue weighted by Crippen LogP contribution is -2.44. The van der Waals surface area contributed by atoms with Crippen LogP contribution in [0, 0.1) is 5.92 Å². The van der Waals surface area contributed by atoms with Crippen molar-refractivity contribution in [1.29, 1.82) is 0 Å². The van der Waals surface area contributed by atoms with E-state index in [-0.39, 0.29) is 5.91 Å². The zero-order valence-corrected chi connectivity index (χ0v) is 13.4. The lowest BCUT2D eigenvalue weighted by atomic mass is 9.97. The number of likely N-dealkylation sites (N-methyl/N-ethyl adjacent to an activating group) is 1. The minimum atomic E-state index is 0.270. The molecule has 0 bridgehead atoms. The topological polar surface area (TPSA) is 44.8 Å². The quantitative estimate of drug-likeness (QED) is 0.637. The fraction of sp³-hybridized carbons (Fsp3) is 0.933. The van der Waals surface area contributed by atoms with E-state index in [0.717, 1.165) is 51.8 Å². The first-order chi connectivity index (χ1) is 9.71.